The molecular formula is C18H19F2NO3. The lowest BCUT2D eigenvalue weighted by Crippen LogP contribution is -2.26. The predicted octanol–water partition coefficient (Wildman–Crippen LogP) is 3.71. The van der Waals surface area contributed by atoms with E-state index in [4.69, 9.17) is 4.74 Å². The number of carbonyl (C=O) groups excluding carboxylic acids is 1. The second kappa shape index (κ2) is 8.40. The molecular weight excluding hydrogens is 316 g/mol. The number of halogens is 2. The smallest absolute Gasteiger partial charge is 0.387 e. The summed E-state index contributed by atoms with van der Waals surface area (Å²) in [6.07, 6.45) is 0. The zero-order chi connectivity index (χ0) is 17.5. The molecule has 0 aliphatic carbocycles. The van der Waals surface area contributed by atoms with Gasteiger partial charge in [-0.3, -0.25) is 4.79 Å². The highest BCUT2D eigenvalue weighted by molar-refractivity contribution is 5.94. The van der Waals surface area contributed by atoms with E-state index in [0.717, 1.165) is 11.1 Å². The van der Waals surface area contributed by atoms with Crippen LogP contribution in [0.2, 0.25) is 0 Å². The maximum Gasteiger partial charge on any atom is 0.387 e. The molecule has 0 fully saturated rings. The number of amides is 1. The standard InChI is InChI=1S/C18H19F2NO3/c1-21(11-13-6-8-16(9-7-13)24-18(19)20)17(22)15-5-3-4-14(10-15)12-23-2/h3-10,18H,11-12H2,1-2H3. The fourth-order valence-corrected chi connectivity index (χ4v) is 2.30. The molecule has 0 atom stereocenters. The van der Waals surface area contributed by atoms with Crippen molar-refractivity contribution in [3.05, 3.63) is 65.2 Å². The first-order valence-electron chi connectivity index (χ1n) is 7.36. The van der Waals surface area contributed by atoms with Crippen molar-refractivity contribution in [3.8, 4) is 5.75 Å². The molecule has 2 rings (SSSR count). The highest BCUT2D eigenvalue weighted by Crippen LogP contribution is 2.17. The van der Waals surface area contributed by atoms with Crippen molar-refractivity contribution < 1.29 is 23.0 Å². The summed E-state index contributed by atoms with van der Waals surface area (Å²) in [6.45, 7) is -2.04. The maximum atomic E-state index is 12.5. The number of methoxy groups -OCH3 is 1. The van der Waals surface area contributed by atoms with Gasteiger partial charge in [-0.05, 0) is 35.4 Å². The molecule has 0 spiro atoms. The van der Waals surface area contributed by atoms with E-state index in [2.05, 4.69) is 4.74 Å². The Morgan fingerprint density at radius 3 is 2.46 bits per heavy atom. The third kappa shape index (κ3) is 5.03. The summed E-state index contributed by atoms with van der Waals surface area (Å²) in [6, 6.07) is 13.5. The number of ether oxygens (including phenoxy) is 2. The lowest BCUT2D eigenvalue weighted by Gasteiger charge is -2.18. The summed E-state index contributed by atoms with van der Waals surface area (Å²) < 4.78 is 33.6. The van der Waals surface area contributed by atoms with Gasteiger partial charge in [0.25, 0.3) is 5.91 Å². The lowest BCUT2D eigenvalue weighted by molar-refractivity contribution is -0.0498. The lowest BCUT2D eigenvalue weighted by atomic mass is 10.1. The average Bonchev–Trinajstić information content (AvgIpc) is 2.56. The van der Waals surface area contributed by atoms with E-state index < -0.39 is 6.61 Å². The van der Waals surface area contributed by atoms with Crippen LogP contribution in [0.25, 0.3) is 0 Å². The van der Waals surface area contributed by atoms with Crippen LogP contribution in [0.1, 0.15) is 21.5 Å². The van der Waals surface area contributed by atoms with Crippen LogP contribution in [-0.2, 0) is 17.9 Å². The van der Waals surface area contributed by atoms with Crippen molar-refractivity contribution in [1.29, 1.82) is 0 Å². The Morgan fingerprint density at radius 1 is 1.12 bits per heavy atom. The van der Waals surface area contributed by atoms with E-state index in [1.807, 2.05) is 12.1 Å². The number of alkyl halides is 2. The number of rotatable bonds is 7. The van der Waals surface area contributed by atoms with E-state index in [0.29, 0.717) is 18.7 Å². The van der Waals surface area contributed by atoms with E-state index >= 15 is 0 Å². The third-order valence-electron chi connectivity index (χ3n) is 3.40. The monoisotopic (exact) mass is 335 g/mol. The summed E-state index contributed by atoms with van der Waals surface area (Å²) in [5.74, 6) is -0.0316. The van der Waals surface area contributed by atoms with Crippen LogP contribution >= 0.6 is 0 Å². The summed E-state index contributed by atoms with van der Waals surface area (Å²) >= 11 is 0. The minimum atomic E-state index is -2.85. The minimum Gasteiger partial charge on any atom is -0.435 e. The maximum absolute atomic E-state index is 12.5. The molecule has 0 aliphatic heterocycles. The molecule has 4 nitrogen and oxygen atoms in total. The summed E-state index contributed by atoms with van der Waals surface area (Å²) in [7, 11) is 3.29. The molecule has 0 aliphatic rings. The Hall–Kier alpha value is -2.47. The van der Waals surface area contributed by atoms with Gasteiger partial charge in [-0.2, -0.15) is 8.78 Å². The third-order valence-corrected chi connectivity index (χ3v) is 3.40. The van der Waals surface area contributed by atoms with Gasteiger partial charge >= 0.3 is 6.61 Å². The number of carbonyl (C=O) groups is 1. The highest BCUT2D eigenvalue weighted by Gasteiger charge is 2.13. The minimum absolute atomic E-state index is 0.0926. The molecule has 2 aromatic carbocycles. The number of hydrogen-bond donors (Lipinski definition) is 0. The van der Waals surface area contributed by atoms with Crippen LogP contribution in [0, 0.1) is 0 Å². The Kier molecular flexibility index (Phi) is 6.26. The molecule has 24 heavy (non-hydrogen) atoms. The average molecular weight is 335 g/mol. The second-order valence-corrected chi connectivity index (χ2v) is 5.32. The fourth-order valence-electron chi connectivity index (χ4n) is 2.30. The van der Waals surface area contributed by atoms with Crippen LogP contribution in [0.5, 0.6) is 5.75 Å². The van der Waals surface area contributed by atoms with E-state index in [1.165, 1.54) is 12.1 Å². The van der Waals surface area contributed by atoms with Crippen molar-refractivity contribution in [1.82, 2.24) is 4.90 Å². The number of hydrogen-bond acceptors (Lipinski definition) is 3. The fraction of sp³-hybridized carbons (Fsp3) is 0.278. The first kappa shape index (κ1) is 17.9. The predicted molar refractivity (Wildman–Crippen MR) is 86.0 cm³/mol. The second-order valence-electron chi connectivity index (χ2n) is 5.32. The van der Waals surface area contributed by atoms with Crippen molar-refractivity contribution >= 4 is 5.91 Å². The Balaban J connectivity index is 2.02. The van der Waals surface area contributed by atoms with E-state index in [9.17, 15) is 13.6 Å². The van der Waals surface area contributed by atoms with Gasteiger partial charge < -0.3 is 14.4 Å². The quantitative estimate of drug-likeness (QED) is 0.774. The highest BCUT2D eigenvalue weighted by atomic mass is 19.3. The molecule has 0 unspecified atom stereocenters. The molecule has 0 saturated carbocycles. The van der Waals surface area contributed by atoms with Crippen molar-refractivity contribution in [2.75, 3.05) is 14.2 Å². The Bertz CT molecular complexity index is 674. The molecule has 0 aromatic heterocycles. The Labute approximate surface area is 139 Å². The summed E-state index contributed by atoms with van der Waals surface area (Å²) in [5, 5.41) is 0. The molecule has 128 valence electrons. The van der Waals surface area contributed by atoms with Gasteiger partial charge in [-0.15, -0.1) is 0 Å². The van der Waals surface area contributed by atoms with Gasteiger partial charge in [0, 0.05) is 26.3 Å². The molecule has 0 bridgehead atoms. The van der Waals surface area contributed by atoms with Crippen LogP contribution in [0.3, 0.4) is 0 Å². The van der Waals surface area contributed by atoms with E-state index in [-0.39, 0.29) is 11.7 Å². The van der Waals surface area contributed by atoms with Crippen LogP contribution in [0.15, 0.2) is 48.5 Å². The normalized spacial score (nSPS) is 10.7. The summed E-state index contributed by atoms with van der Waals surface area (Å²) in [5.41, 5.74) is 2.32. The SMILES string of the molecule is COCc1cccc(C(=O)N(C)Cc2ccc(OC(F)F)cc2)c1. The van der Waals surface area contributed by atoms with Gasteiger partial charge in [0.1, 0.15) is 5.75 Å². The Morgan fingerprint density at radius 2 is 1.83 bits per heavy atom. The van der Waals surface area contributed by atoms with Crippen molar-refractivity contribution in [2.45, 2.75) is 19.8 Å². The zero-order valence-corrected chi connectivity index (χ0v) is 13.5. The molecule has 2 aromatic rings. The zero-order valence-electron chi connectivity index (χ0n) is 13.5. The van der Waals surface area contributed by atoms with Gasteiger partial charge in [-0.1, -0.05) is 24.3 Å². The van der Waals surface area contributed by atoms with E-state index in [1.54, 1.807) is 43.3 Å². The van der Waals surface area contributed by atoms with Gasteiger partial charge in [-0.25, -0.2) is 0 Å². The first-order chi connectivity index (χ1) is 11.5. The van der Waals surface area contributed by atoms with Gasteiger partial charge in [0.05, 0.1) is 6.61 Å². The van der Waals surface area contributed by atoms with Gasteiger partial charge in [0.15, 0.2) is 0 Å². The molecule has 6 heteroatoms. The van der Waals surface area contributed by atoms with Crippen molar-refractivity contribution in [3.63, 3.8) is 0 Å². The molecule has 0 heterocycles. The van der Waals surface area contributed by atoms with Crippen LogP contribution in [-0.4, -0.2) is 31.6 Å². The molecule has 0 N–H and O–H groups in total. The first-order valence-corrected chi connectivity index (χ1v) is 7.36. The summed E-state index contributed by atoms with van der Waals surface area (Å²) in [4.78, 5) is 14.0. The largest absolute Gasteiger partial charge is 0.435 e. The van der Waals surface area contributed by atoms with Crippen molar-refractivity contribution in [2.24, 2.45) is 0 Å². The number of nitrogens with zero attached hydrogens (tertiary/aromatic N) is 1. The number of benzene rings is 2. The molecule has 0 radical (unpaired) electrons. The van der Waals surface area contributed by atoms with Crippen LogP contribution in [0.4, 0.5) is 8.78 Å². The topological polar surface area (TPSA) is 38.8 Å². The molecule has 0 saturated heterocycles. The van der Waals surface area contributed by atoms with Crippen LogP contribution < -0.4 is 4.74 Å². The molecule has 1 amide bonds. The van der Waals surface area contributed by atoms with Gasteiger partial charge in [0.2, 0.25) is 0 Å².